The van der Waals surface area contributed by atoms with Crippen LogP contribution in [-0.4, -0.2) is 39.2 Å². The van der Waals surface area contributed by atoms with Crippen molar-refractivity contribution in [3.63, 3.8) is 0 Å². The topological polar surface area (TPSA) is 104 Å². The molecular weight excluding hydrogens is 429 g/mol. The van der Waals surface area contributed by atoms with Crippen LogP contribution in [0.5, 0.6) is 0 Å². The Hall–Kier alpha value is -0.820. The molecule has 0 aromatic heterocycles. The number of hydrogen-bond donors (Lipinski definition) is 3. The summed E-state index contributed by atoms with van der Waals surface area (Å²) in [6.07, 6.45) is 16.1. The number of esters is 1. The quantitative estimate of drug-likeness (QED) is 0.0861. The molecule has 3 N–H and O–H groups in total. The van der Waals surface area contributed by atoms with Crippen molar-refractivity contribution in [2.45, 2.75) is 115 Å². The molecule has 0 aromatic carbocycles. The third-order valence-corrected chi connectivity index (χ3v) is 6.02. The number of halogens is 2. The smallest absolute Gasteiger partial charge is 0.394 e. The van der Waals surface area contributed by atoms with Crippen LogP contribution in [0.25, 0.3) is 0 Å². The molecule has 0 radical (unpaired) electrons. The van der Waals surface area contributed by atoms with Gasteiger partial charge in [-0.1, -0.05) is 70.4 Å². The number of rotatable bonds is 20. The number of carbonyl (C=O) groups is 1. The lowest BCUT2D eigenvalue weighted by Crippen LogP contribution is -2.28. The number of ether oxygens (including phenoxy) is 1. The Kier molecular flexibility index (Phi) is 17.2. The van der Waals surface area contributed by atoms with Gasteiger partial charge in [0.15, 0.2) is 0 Å². The van der Waals surface area contributed by atoms with Crippen molar-refractivity contribution in [1.82, 2.24) is 0 Å². The zero-order valence-electron chi connectivity index (χ0n) is 18.8. The summed E-state index contributed by atoms with van der Waals surface area (Å²) >= 11 is 0. The van der Waals surface area contributed by atoms with E-state index in [-0.39, 0.29) is 6.42 Å². The van der Waals surface area contributed by atoms with Gasteiger partial charge in [-0.25, -0.2) is 0 Å². The molecule has 0 bridgehead atoms. The number of alkyl halides is 2. The van der Waals surface area contributed by atoms with E-state index in [1.165, 1.54) is 38.5 Å². The van der Waals surface area contributed by atoms with Crippen LogP contribution in [0.15, 0.2) is 12.2 Å². The standard InChI is InChI=1S/C22H41F2O6P/c1-2-3-4-5-6-7-8-9-10-11-12-13-14-15-16-17-21(26)30-19-20(25)18-22(23,24)31(27,28)29/h9-10,20,25H,2-8,11-19H2,1H3,(H2,27,28,29)/b10-9+/t20-/m1/s1. The molecule has 0 saturated carbocycles. The van der Waals surface area contributed by atoms with Crippen molar-refractivity contribution >= 4 is 13.6 Å². The highest BCUT2D eigenvalue weighted by Gasteiger charge is 2.49. The van der Waals surface area contributed by atoms with Gasteiger partial charge in [-0.05, 0) is 32.1 Å². The molecule has 0 saturated heterocycles. The molecule has 0 aromatic rings. The van der Waals surface area contributed by atoms with E-state index in [0.717, 1.165) is 38.5 Å². The molecule has 6 nitrogen and oxygen atoms in total. The van der Waals surface area contributed by atoms with Gasteiger partial charge in [-0.2, -0.15) is 8.78 Å². The summed E-state index contributed by atoms with van der Waals surface area (Å²) in [5.41, 5.74) is -4.34. The molecule has 0 spiro atoms. The summed E-state index contributed by atoms with van der Waals surface area (Å²) in [4.78, 5) is 28.6. The average molecular weight is 471 g/mol. The lowest BCUT2D eigenvalue weighted by molar-refractivity contribution is -0.148. The lowest BCUT2D eigenvalue weighted by Gasteiger charge is -2.20. The third kappa shape index (κ3) is 17.4. The van der Waals surface area contributed by atoms with Crippen molar-refractivity contribution < 1.29 is 37.8 Å². The zero-order chi connectivity index (χ0) is 23.6. The molecule has 9 heteroatoms. The van der Waals surface area contributed by atoms with E-state index in [1.54, 1.807) is 0 Å². The first-order valence-corrected chi connectivity index (χ1v) is 13.1. The van der Waals surface area contributed by atoms with Crippen molar-refractivity contribution in [3.05, 3.63) is 12.2 Å². The maximum atomic E-state index is 13.1. The highest BCUT2D eigenvalue weighted by atomic mass is 31.2. The average Bonchev–Trinajstić information content (AvgIpc) is 2.68. The minimum absolute atomic E-state index is 0.125. The second-order valence-corrected chi connectivity index (χ2v) is 9.83. The second-order valence-electron chi connectivity index (χ2n) is 8.09. The minimum atomic E-state index is -5.65. The van der Waals surface area contributed by atoms with E-state index in [9.17, 15) is 23.2 Å². The van der Waals surface area contributed by atoms with Crippen LogP contribution in [0.3, 0.4) is 0 Å². The summed E-state index contributed by atoms with van der Waals surface area (Å²) in [5, 5.41) is 9.39. The van der Waals surface area contributed by atoms with Crippen LogP contribution < -0.4 is 0 Å². The van der Waals surface area contributed by atoms with E-state index in [1.807, 2.05) is 0 Å². The predicted octanol–water partition coefficient (Wildman–Crippen LogP) is 6.09. The number of aliphatic hydroxyl groups is 1. The van der Waals surface area contributed by atoms with E-state index < -0.39 is 38.4 Å². The summed E-state index contributed by atoms with van der Waals surface area (Å²) in [6, 6.07) is 0. The zero-order valence-corrected chi connectivity index (χ0v) is 19.7. The molecule has 0 aliphatic carbocycles. The number of unbranched alkanes of at least 4 members (excludes halogenated alkanes) is 11. The van der Waals surface area contributed by atoms with Crippen molar-refractivity contribution in [2.75, 3.05) is 6.61 Å². The minimum Gasteiger partial charge on any atom is -0.463 e. The van der Waals surface area contributed by atoms with E-state index in [2.05, 4.69) is 19.1 Å². The Morgan fingerprint density at radius 1 is 0.935 bits per heavy atom. The van der Waals surface area contributed by atoms with E-state index in [4.69, 9.17) is 14.5 Å². The Bertz CT molecular complexity index is 536. The van der Waals surface area contributed by atoms with Crippen molar-refractivity contribution in [3.8, 4) is 0 Å². The summed E-state index contributed by atoms with van der Waals surface area (Å²) in [5.74, 6) is -0.615. The largest absolute Gasteiger partial charge is 0.463 e. The number of carbonyl (C=O) groups excluding carboxylic acids is 1. The Balaban J connectivity index is 3.56. The van der Waals surface area contributed by atoms with Gasteiger partial charge in [0.1, 0.15) is 6.61 Å². The number of allylic oxidation sites excluding steroid dienone is 2. The molecule has 0 rings (SSSR count). The Morgan fingerprint density at radius 3 is 1.94 bits per heavy atom. The normalized spacial score (nSPS) is 13.6. The van der Waals surface area contributed by atoms with E-state index in [0.29, 0.717) is 6.42 Å². The van der Waals surface area contributed by atoms with Crippen LogP contribution in [0.1, 0.15) is 103 Å². The maximum absolute atomic E-state index is 13.1. The molecule has 0 aliphatic rings. The number of aliphatic hydroxyl groups excluding tert-OH is 1. The Labute approximate surface area is 185 Å². The first-order valence-electron chi connectivity index (χ1n) is 11.5. The van der Waals surface area contributed by atoms with Crippen molar-refractivity contribution in [2.24, 2.45) is 0 Å². The fourth-order valence-electron chi connectivity index (χ4n) is 3.06. The highest BCUT2D eigenvalue weighted by molar-refractivity contribution is 7.53. The molecule has 0 unspecified atom stereocenters. The molecule has 0 heterocycles. The fourth-order valence-corrected chi connectivity index (χ4v) is 3.51. The van der Waals surface area contributed by atoms with Crippen LogP contribution in [0, 0.1) is 0 Å². The Morgan fingerprint density at radius 2 is 1.42 bits per heavy atom. The molecule has 0 fully saturated rings. The van der Waals surface area contributed by atoms with Crippen LogP contribution in [-0.2, 0) is 14.1 Å². The van der Waals surface area contributed by atoms with Crippen LogP contribution >= 0.6 is 7.60 Å². The van der Waals surface area contributed by atoms with Gasteiger partial charge in [-0.3, -0.25) is 9.36 Å². The first-order chi connectivity index (χ1) is 14.6. The third-order valence-electron chi connectivity index (χ3n) is 4.99. The fraction of sp³-hybridized carbons (Fsp3) is 0.864. The lowest BCUT2D eigenvalue weighted by atomic mass is 10.1. The predicted molar refractivity (Wildman–Crippen MR) is 118 cm³/mol. The molecule has 0 amide bonds. The van der Waals surface area contributed by atoms with Gasteiger partial charge in [0.2, 0.25) is 0 Å². The molecule has 31 heavy (non-hydrogen) atoms. The number of hydrogen-bond acceptors (Lipinski definition) is 4. The molecule has 1 atom stereocenters. The van der Waals surface area contributed by atoms with Gasteiger partial charge >= 0.3 is 19.2 Å². The highest BCUT2D eigenvalue weighted by Crippen LogP contribution is 2.55. The monoisotopic (exact) mass is 470 g/mol. The van der Waals surface area contributed by atoms with Gasteiger partial charge in [0.25, 0.3) is 0 Å². The van der Waals surface area contributed by atoms with Gasteiger partial charge in [-0.15, -0.1) is 0 Å². The van der Waals surface area contributed by atoms with Crippen LogP contribution in [0.4, 0.5) is 8.78 Å². The molecule has 184 valence electrons. The molecular formula is C22H41F2O6P. The van der Waals surface area contributed by atoms with Gasteiger partial charge < -0.3 is 19.6 Å². The maximum Gasteiger partial charge on any atom is 0.394 e. The first kappa shape index (κ1) is 30.2. The summed E-state index contributed by atoms with van der Waals surface area (Å²) in [7, 11) is -5.65. The van der Waals surface area contributed by atoms with Gasteiger partial charge in [0, 0.05) is 6.42 Å². The SMILES string of the molecule is CCCCCCCC/C=C/CCCCCCCC(=O)OC[C@H](O)CC(F)(F)P(=O)(O)O. The summed E-state index contributed by atoms with van der Waals surface area (Å²) < 4.78 is 41.6. The van der Waals surface area contributed by atoms with Crippen molar-refractivity contribution in [1.29, 1.82) is 0 Å². The molecule has 0 aliphatic heterocycles. The van der Waals surface area contributed by atoms with Gasteiger partial charge in [0.05, 0.1) is 12.5 Å². The van der Waals surface area contributed by atoms with Crippen LogP contribution in [0.2, 0.25) is 0 Å². The second kappa shape index (κ2) is 17.7. The summed E-state index contributed by atoms with van der Waals surface area (Å²) in [6.45, 7) is 1.51. The van der Waals surface area contributed by atoms with E-state index >= 15 is 0 Å².